The van der Waals surface area contributed by atoms with Crippen LogP contribution in [-0.2, 0) is 13.0 Å². The van der Waals surface area contributed by atoms with Gasteiger partial charge in [-0.25, -0.2) is 0 Å². The maximum Gasteiger partial charge on any atom is 0.193 e. The lowest BCUT2D eigenvalue weighted by Gasteiger charge is -2.23. The molecule has 154 valence electrons. The quantitative estimate of drug-likeness (QED) is 0.342. The summed E-state index contributed by atoms with van der Waals surface area (Å²) >= 11 is 0. The number of nitrogens with one attached hydrogen (secondary N) is 1. The summed E-state index contributed by atoms with van der Waals surface area (Å²) in [5.74, 6) is 3.30. The average molecular weight is 499 g/mol. The molecule has 0 radical (unpaired) electrons. The molecule has 2 aromatic rings. The number of ether oxygens (including phenoxy) is 3. The molecule has 0 amide bonds. The monoisotopic (exact) mass is 499 g/mol. The summed E-state index contributed by atoms with van der Waals surface area (Å²) in [6.07, 6.45) is 0.850. The fourth-order valence-corrected chi connectivity index (χ4v) is 2.92. The van der Waals surface area contributed by atoms with Crippen molar-refractivity contribution in [3.8, 4) is 17.2 Å². The van der Waals surface area contributed by atoms with Crippen LogP contribution < -0.4 is 19.5 Å². The average Bonchev–Trinajstić information content (AvgIpc) is 2.71. The molecule has 0 spiro atoms. The van der Waals surface area contributed by atoms with E-state index in [1.165, 1.54) is 5.56 Å². The molecule has 0 saturated carbocycles. The number of methoxy groups -OCH3 is 3. The van der Waals surface area contributed by atoms with Crippen LogP contribution in [0, 0.1) is 0 Å². The number of para-hydroxylation sites is 1. The minimum absolute atomic E-state index is 0. The second-order valence-electron chi connectivity index (χ2n) is 6.07. The Morgan fingerprint density at radius 2 is 1.68 bits per heavy atom. The van der Waals surface area contributed by atoms with Gasteiger partial charge in [-0.15, -0.1) is 24.0 Å². The van der Waals surface area contributed by atoms with Crippen molar-refractivity contribution >= 4 is 29.9 Å². The standard InChI is InChI=1S/C21H29N3O3.HI/c1-22-21(23-13-12-16-8-6-7-9-19(16)26-4)24(2)15-17-10-11-18(25-3)14-20(17)27-5;/h6-11,14H,12-13,15H2,1-5H3,(H,22,23);1H. The summed E-state index contributed by atoms with van der Waals surface area (Å²) in [6.45, 7) is 1.43. The van der Waals surface area contributed by atoms with Crippen molar-refractivity contribution in [2.45, 2.75) is 13.0 Å². The molecule has 0 aliphatic rings. The lowest BCUT2D eigenvalue weighted by atomic mass is 10.1. The normalized spacial score (nSPS) is 10.7. The van der Waals surface area contributed by atoms with E-state index in [1.807, 2.05) is 43.4 Å². The molecule has 0 aliphatic heterocycles. The molecule has 2 aromatic carbocycles. The highest BCUT2D eigenvalue weighted by Gasteiger charge is 2.11. The minimum atomic E-state index is 0. The zero-order chi connectivity index (χ0) is 19.6. The van der Waals surface area contributed by atoms with Crippen LogP contribution in [0.1, 0.15) is 11.1 Å². The molecule has 2 rings (SSSR count). The first kappa shape index (κ1) is 23.9. The fraction of sp³-hybridized carbons (Fsp3) is 0.381. The van der Waals surface area contributed by atoms with Crippen molar-refractivity contribution in [3.05, 3.63) is 53.6 Å². The Kier molecular flexibility index (Phi) is 10.5. The van der Waals surface area contributed by atoms with Crippen LogP contribution in [0.5, 0.6) is 17.2 Å². The van der Waals surface area contributed by atoms with Crippen molar-refractivity contribution in [2.24, 2.45) is 4.99 Å². The van der Waals surface area contributed by atoms with Crippen molar-refractivity contribution in [3.63, 3.8) is 0 Å². The number of halogens is 1. The van der Waals surface area contributed by atoms with Gasteiger partial charge in [0.05, 0.1) is 21.3 Å². The number of aliphatic imine (C=N–C) groups is 1. The number of hydrogen-bond donors (Lipinski definition) is 1. The van der Waals surface area contributed by atoms with Gasteiger partial charge in [0.15, 0.2) is 5.96 Å². The summed E-state index contributed by atoms with van der Waals surface area (Å²) < 4.78 is 16.2. The Balaban J connectivity index is 0.00000392. The van der Waals surface area contributed by atoms with Crippen LogP contribution in [-0.4, -0.2) is 52.8 Å². The van der Waals surface area contributed by atoms with Gasteiger partial charge in [0, 0.05) is 38.8 Å². The summed E-state index contributed by atoms with van der Waals surface area (Å²) in [7, 11) is 8.79. The molecule has 6 nitrogen and oxygen atoms in total. The molecular weight excluding hydrogens is 469 g/mol. The third-order valence-corrected chi connectivity index (χ3v) is 4.35. The lowest BCUT2D eigenvalue weighted by molar-refractivity contribution is 0.382. The van der Waals surface area contributed by atoms with Gasteiger partial charge >= 0.3 is 0 Å². The van der Waals surface area contributed by atoms with Crippen LogP contribution in [0.2, 0.25) is 0 Å². The third-order valence-electron chi connectivity index (χ3n) is 4.35. The van der Waals surface area contributed by atoms with Gasteiger partial charge in [0.25, 0.3) is 0 Å². The molecule has 7 heteroatoms. The Morgan fingerprint density at radius 3 is 2.32 bits per heavy atom. The maximum atomic E-state index is 5.49. The second kappa shape index (κ2) is 12.3. The van der Waals surface area contributed by atoms with E-state index in [0.717, 1.165) is 41.7 Å². The molecule has 0 aliphatic carbocycles. The Morgan fingerprint density at radius 1 is 0.964 bits per heavy atom. The van der Waals surface area contributed by atoms with E-state index in [0.29, 0.717) is 6.54 Å². The smallest absolute Gasteiger partial charge is 0.193 e. The van der Waals surface area contributed by atoms with Gasteiger partial charge in [0.1, 0.15) is 17.2 Å². The highest BCUT2D eigenvalue weighted by atomic mass is 127. The molecule has 1 N–H and O–H groups in total. The highest BCUT2D eigenvalue weighted by Crippen LogP contribution is 2.25. The predicted molar refractivity (Wildman–Crippen MR) is 124 cm³/mol. The van der Waals surface area contributed by atoms with Crippen LogP contribution in [0.3, 0.4) is 0 Å². The zero-order valence-electron chi connectivity index (χ0n) is 17.2. The lowest BCUT2D eigenvalue weighted by Crippen LogP contribution is -2.39. The minimum Gasteiger partial charge on any atom is -0.497 e. The van der Waals surface area contributed by atoms with Crippen LogP contribution in [0.4, 0.5) is 0 Å². The summed E-state index contributed by atoms with van der Waals surface area (Å²) in [6, 6.07) is 13.9. The molecular formula is C21H30IN3O3. The van der Waals surface area contributed by atoms with Gasteiger partial charge in [-0.2, -0.15) is 0 Å². The number of guanidine groups is 1. The first-order valence-electron chi connectivity index (χ1n) is 8.87. The number of rotatable bonds is 8. The van der Waals surface area contributed by atoms with E-state index < -0.39 is 0 Å². The number of hydrogen-bond acceptors (Lipinski definition) is 4. The van der Waals surface area contributed by atoms with Gasteiger partial charge in [-0.05, 0) is 30.2 Å². The van der Waals surface area contributed by atoms with E-state index in [4.69, 9.17) is 14.2 Å². The Bertz CT molecular complexity index is 768. The van der Waals surface area contributed by atoms with Crippen molar-refractivity contribution in [2.75, 3.05) is 42.0 Å². The molecule has 0 bridgehead atoms. The number of nitrogens with zero attached hydrogens (tertiary/aromatic N) is 2. The van der Waals surface area contributed by atoms with Crippen LogP contribution >= 0.6 is 24.0 Å². The Hall–Kier alpha value is -2.16. The maximum absolute atomic E-state index is 5.49. The van der Waals surface area contributed by atoms with Gasteiger partial charge in [0.2, 0.25) is 0 Å². The predicted octanol–water partition coefficient (Wildman–Crippen LogP) is 3.58. The summed E-state index contributed by atoms with van der Waals surface area (Å²) in [5, 5.41) is 3.40. The van der Waals surface area contributed by atoms with Gasteiger partial charge < -0.3 is 24.4 Å². The van der Waals surface area contributed by atoms with Crippen LogP contribution in [0.25, 0.3) is 0 Å². The molecule has 0 fully saturated rings. The van der Waals surface area contributed by atoms with Crippen molar-refractivity contribution in [1.29, 1.82) is 0 Å². The molecule has 0 aromatic heterocycles. The molecule has 0 saturated heterocycles. The largest absolute Gasteiger partial charge is 0.497 e. The highest BCUT2D eigenvalue weighted by molar-refractivity contribution is 14.0. The Labute approximate surface area is 184 Å². The van der Waals surface area contributed by atoms with Gasteiger partial charge in [-0.1, -0.05) is 18.2 Å². The second-order valence-corrected chi connectivity index (χ2v) is 6.07. The van der Waals surface area contributed by atoms with E-state index in [9.17, 15) is 0 Å². The molecule has 0 atom stereocenters. The zero-order valence-corrected chi connectivity index (χ0v) is 19.5. The third kappa shape index (κ3) is 6.47. The van der Waals surface area contributed by atoms with Gasteiger partial charge in [-0.3, -0.25) is 4.99 Å². The SMILES string of the molecule is CN=C(NCCc1ccccc1OC)N(C)Cc1ccc(OC)cc1OC.I. The van der Waals surface area contributed by atoms with E-state index in [-0.39, 0.29) is 24.0 Å². The first-order chi connectivity index (χ1) is 13.1. The molecule has 28 heavy (non-hydrogen) atoms. The summed E-state index contributed by atoms with van der Waals surface area (Å²) in [4.78, 5) is 6.44. The van der Waals surface area contributed by atoms with E-state index in [1.54, 1.807) is 28.4 Å². The molecule has 0 unspecified atom stereocenters. The van der Waals surface area contributed by atoms with E-state index >= 15 is 0 Å². The van der Waals surface area contributed by atoms with Crippen molar-refractivity contribution in [1.82, 2.24) is 10.2 Å². The first-order valence-corrected chi connectivity index (χ1v) is 8.87. The number of benzene rings is 2. The fourth-order valence-electron chi connectivity index (χ4n) is 2.92. The summed E-state index contributed by atoms with van der Waals surface area (Å²) in [5.41, 5.74) is 2.23. The van der Waals surface area contributed by atoms with Crippen molar-refractivity contribution < 1.29 is 14.2 Å². The van der Waals surface area contributed by atoms with Crippen LogP contribution in [0.15, 0.2) is 47.5 Å². The molecule has 0 heterocycles. The topological polar surface area (TPSA) is 55.3 Å². The van der Waals surface area contributed by atoms with E-state index in [2.05, 4.69) is 21.3 Å².